The van der Waals surface area contributed by atoms with Crippen molar-refractivity contribution in [3.63, 3.8) is 0 Å². The molecule has 1 aromatic heterocycles. The summed E-state index contributed by atoms with van der Waals surface area (Å²) in [6.45, 7) is 7.31. The molecule has 0 aliphatic carbocycles. The first-order valence-corrected chi connectivity index (χ1v) is 10.1. The number of rotatable bonds is 4. The first-order chi connectivity index (χ1) is 14.4. The highest BCUT2D eigenvalue weighted by atomic mass is 16.5. The lowest BCUT2D eigenvalue weighted by molar-refractivity contribution is -0.0566. The molecule has 0 spiro atoms. The molecular formula is C21H26N4O5. The zero-order chi connectivity index (χ0) is 21.3. The molecule has 1 amide bonds. The van der Waals surface area contributed by atoms with Gasteiger partial charge in [-0.25, -0.2) is 4.98 Å². The van der Waals surface area contributed by atoms with E-state index in [9.17, 15) is 14.7 Å². The summed E-state index contributed by atoms with van der Waals surface area (Å²) < 4.78 is 12.5. The number of carbonyl (C=O) groups excluding carboxylic acids is 1. The molecule has 9 nitrogen and oxygen atoms in total. The maximum Gasteiger partial charge on any atom is 0.296 e. The van der Waals surface area contributed by atoms with Crippen LogP contribution >= 0.6 is 0 Å². The van der Waals surface area contributed by atoms with Crippen LogP contribution in [0.15, 0.2) is 29.1 Å². The molecule has 160 valence electrons. The molecule has 9 heteroatoms. The second kappa shape index (κ2) is 8.08. The number of aromatic nitrogens is 2. The van der Waals surface area contributed by atoms with Gasteiger partial charge < -0.3 is 24.8 Å². The molecule has 1 fully saturated rings. The number of benzene rings is 1. The zero-order valence-corrected chi connectivity index (χ0v) is 17.2. The van der Waals surface area contributed by atoms with E-state index in [0.717, 1.165) is 24.3 Å². The summed E-state index contributed by atoms with van der Waals surface area (Å²) in [5, 5.41) is 13.1. The molecule has 2 N–H and O–H groups in total. The highest BCUT2D eigenvalue weighted by Gasteiger charge is 2.34. The number of aromatic hydroxyl groups is 1. The van der Waals surface area contributed by atoms with E-state index in [0.29, 0.717) is 25.6 Å². The number of anilines is 1. The molecule has 3 heterocycles. The number of amides is 1. The van der Waals surface area contributed by atoms with Crippen LogP contribution in [-0.4, -0.2) is 53.5 Å². The van der Waals surface area contributed by atoms with Crippen LogP contribution in [0.25, 0.3) is 0 Å². The number of morpholine rings is 1. The highest BCUT2D eigenvalue weighted by Crippen LogP contribution is 2.27. The van der Waals surface area contributed by atoms with Gasteiger partial charge in [0.25, 0.3) is 11.5 Å². The number of nitrogens with one attached hydrogen (secondary N) is 1. The SMILES string of the molecule is CC1(C)OCCn2c1nc(C(=O)NCc1ccccc1N1CCOCC1)c(O)c2=O. The molecule has 2 aliphatic rings. The molecule has 30 heavy (non-hydrogen) atoms. The molecule has 1 saturated heterocycles. The van der Waals surface area contributed by atoms with Crippen LogP contribution in [-0.2, 0) is 28.2 Å². The minimum atomic E-state index is -0.830. The van der Waals surface area contributed by atoms with E-state index in [2.05, 4.69) is 15.2 Å². The molecule has 0 bridgehead atoms. The van der Waals surface area contributed by atoms with Gasteiger partial charge in [-0.15, -0.1) is 0 Å². The highest BCUT2D eigenvalue weighted by molar-refractivity contribution is 5.94. The number of hydrogen-bond acceptors (Lipinski definition) is 7. The van der Waals surface area contributed by atoms with Gasteiger partial charge in [-0.3, -0.25) is 14.2 Å². The molecule has 0 radical (unpaired) electrons. The Balaban J connectivity index is 1.57. The quantitative estimate of drug-likeness (QED) is 0.768. The fourth-order valence-electron chi connectivity index (χ4n) is 3.86. The average Bonchev–Trinajstić information content (AvgIpc) is 2.75. The van der Waals surface area contributed by atoms with Crippen LogP contribution in [0.2, 0.25) is 0 Å². The predicted molar refractivity (Wildman–Crippen MR) is 110 cm³/mol. The summed E-state index contributed by atoms with van der Waals surface area (Å²) in [5.74, 6) is -0.919. The number of ether oxygens (including phenoxy) is 2. The van der Waals surface area contributed by atoms with E-state index >= 15 is 0 Å². The molecule has 1 aromatic carbocycles. The van der Waals surface area contributed by atoms with E-state index < -0.39 is 22.8 Å². The molecule has 2 aliphatic heterocycles. The Morgan fingerprint density at radius 1 is 1.20 bits per heavy atom. The number of nitrogens with zero attached hydrogens (tertiary/aromatic N) is 3. The van der Waals surface area contributed by atoms with Crippen LogP contribution in [0, 0.1) is 0 Å². The van der Waals surface area contributed by atoms with Crippen LogP contribution in [0.3, 0.4) is 0 Å². The van der Waals surface area contributed by atoms with Gasteiger partial charge in [-0.1, -0.05) is 18.2 Å². The Bertz CT molecular complexity index is 1010. The number of fused-ring (bicyclic) bond motifs is 1. The van der Waals surface area contributed by atoms with Gasteiger partial charge in [0.2, 0.25) is 5.75 Å². The van der Waals surface area contributed by atoms with Crippen LogP contribution in [0.4, 0.5) is 5.69 Å². The lowest BCUT2D eigenvalue weighted by Crippen LogP contribution is -2.42. The van der Waals surface area contributed by atoms with Crippen molar-refractivity contribution in [1.29, 1.82) is 0 Å². The summed E-state index contributed by atoms with van der Waals surface area (Å²) in [6, 6.07) is 7.81. The zero-order valence-electron chi connectivity index (χ0n) is 17.2. The van der Waals surface area contributed by atoms with Gasteiger partial charge in [0.05, 0.1) is 26.4 Å². The summed E-state index contributed by atoms with van der Waals surface area (Å²) in [6.07, 6.45) is 0. The predicted octanol–water partition coefficient (Wildman–Crippen LogP) is 0.981. The van der Waals surface area contributed by atoms with Gasteiger partial charge in [0, 0.05) is 25.3 Å². The van der Waals surface area contributed by atoms with Gasteiger partial charge >= 0.3 is 0 Å². The Morgan fingerprint density at radius 3 is 2.70 bits per heavy atom. The minimum absolute atomic E-state index is 0.242. The third kappa shape index (κ3) is 3.78. The largest absolute Gasteiger partial charge is 0.501 e. The molecule has 0 unspecified atom stereocenters. The topological polar surface area (TPSA) is 106 Å². The van der Waals surface area contributed by atoms with E-state index in [1.54, 1.807) is 13.8 Å². The maximum atomic E-state index is 12.8. The molecular weight excluding hydrogens is 388 g/mol. The molecule has 2 aromatic rings. The molecule has 0 saturated carbocycles. The fraction of sp³-hybridized carbons (Fsp3) is 0.476. The fourth-order valence-corrected chi connectivity index (χ4v) is 3.86. The van der Waals surface area contributed by atoms with Crippen LogP contribution in [0.5, 0.6) is 5.75 Å². The number of carbonyl (C=O) groups is 1. The van der Waals surface area contributed by atoms with Crippen molar-refractivity contribution < 1.29 is 19.4 Å². The Hall–Kier alpha value is -2.91. The van der Waals surface area contributed by atoms with E-state index in [4.69, 9.17) is 9.47 Å². The van der Waals surface area contributed by atoms with Gasteiger partial charge in [0.1, 0.15) is 11.4 Å². The molecule has 0 atom stereocenters. The number of para-hydroxylation sites is 1. The monoisotopic (exact) mass is 414 g/mol. The Kier molecular flexibility index (Phi) is 5.48. The van der Waals surface area contributed by atoms with E-state index in [-0.39, 0.29) is 18.8 Å². The average molecular weight is 414 g/mol. The summed E-state index contributed by atoms with van der Waals surface area (Å²) in [4.78, 5) is 31.9. The van der Waals surface area contributed by atoms with E-state index in [1.807, 2.05) is 24.3 Å². The lowest BCUT2D eigenvalue weighted by Gasteiger charge is -2.32. The summed E-state index contributed by atoms with van der Waals surface area (Å²) in [5.41, 5.74) is 0.219. The lowest BCUT2D eigenvalue weighted by atomic mass is 10.1. The third-order valence-electron chi connectivity index (χ3n) is 5.46. The van der Waals surface area contributed by atoms with Crippen molar-refractivity contribution in [1.82, 2.24) is 14.9 Å². The van der Waals surface area contributed by atoms with Crippen molar-refractivity contribution in [2.24, 2.45) is 0 Å². The first-order valence-electron chi connectivity index (χ1n) is 10.1. The van der Waals surface area contributed by atoms with Crippen molar-refractivity contribution in [2.75, 3.05) is 37.8 Å². The van der Waals surface area contributed by atoms with Crippen molar-refractivity contribution >= 4 is 11.6 Å². The maximum absolute atomic E-state index is 12.8. The summed E-state index contributed by atoms with van der Waals surface area (Å²) >= 11 is 0. The van der Waals surface area contributed by atoms with Crippen LogP contribution < -0.4 is 15.8 Å². The van der Waals surface area contributed by atoms with Gasteiger partial charge in [0.15, 0.2) is 5.69 Å². The van der Waals surface area contributed by atoms with Crippen LogP contribution in [0.1, 0.15) is 35.7 Å². The second-order valence-corrected chi connectivity index (χ2v) is 7.86. The van der Waals surface area contributed by atoms with Crippen molar-refractivity contribution in [2.45, 2.75) is 32.5 Å². The first kappa shape index (κ1) is 20.4. The molecule has 4 rings (SSSR count). The standard InChI is InChI=1S/C21H26N4O5/c1-21(2)20-23-16(17(26)19(28)25(20)9-12-30-21)18(27)22-13-14-5-3-4-6-15(14)24-7-10-29-11-8-24/h3-6,26H,7-13H2,1-2H3,(H,22,27). The normalized spacial score (nSPS) is 18.0. The second-order valence-electron chi connectivity index (χ2n) is 7.86. The minimum Gasteiger partial charge on any atom is -0.501 e. The third-order valence-corrected chi connectivity index (χ3v) is 5.46. The summed E-state index contributed by atoms with van der Waals surface area (Å²) in [7, 11) is 0. The van der Waals surface area contributed by atoms with E-state index in [1.165, 1.54) is 4.57 Å². The van der Waals surface area contributed by atoms with Gasteiger partial charge in [-0.05, 0) is 25.5 Å². The van der Waals surface area contributed by atoms with Gasteiger partial charge in [-0.2, -0.15) is 0 Å². The Labute approximate surface area is 174 Å². The smallest absolute Gasteiger partial charge is 0.296 e. The van der Waals surface area contributed by atoms with Crippen molar-refractivity contribution in [3.8, 4) is 5.75 Å². The Morgan fingerprint density at radius 2 is 1.93 bits per heavy atom. The number of hydrogen-bond donors (Lipinski definition) is 2. The van der Waals surface area contributed by atoms with Crippen molar-refractivity contribution in [3.05, 3.63) is 51.7 Å².